The Morgan fingerprint density at radius 3 is 2.26 bits per heavy atom. The van der Waals surface area contributed by atoms with Gasteiger partial charge < -0.3 is 5.32 Å². The zero-order chi connectivity index (χ0) is 16.7. The van der Waals surface area contributed by atoms with Gasteiger partial charge in [0.05, 0.1) is 6.26 Å². The lowest BCUT2D eigenvalue weighted by molar-refractivity contribution is 0.594. The molecule has 2 N–H and O–H groups in total. The molecule has 1 atom stereocenters. The second-order valence-electron chi connectivity index (χ2n) is 5.85. The van der Waals surface area contributed by atoms with Crippen LogP contribution in [-0.4, -0.2) is 21.2 Å². The molecule has 0 bridgehead atoms. The number of nitrogens with one attached hydrogen (secondary N) is 2. The number of anilines is 1. The molecule has 0 aliphatic rings. The molecule has 0 amide bonds. The standard InChI is InChI=1S/C18H24N2O2S/c1-15(12-13-19-14-16-6-4-3-5-7-16)17-8-10-18(11-9-17)20-23(2,21)22/h3-11,15,19-20H,12-14H2,1-2H3. The van der Waals surface area contributed by atoms with E-state index < -0.39 is 10.0 Å². The Morgan fingerprint density at radius 2 is 1.65 bits per heavy atom. The second kappa shape index (κ2) is 8.13. The molecule has 0 aromatic heterocycles. The summed E-state index contributed by atoms with van der Waals surface area (Å²) in [5.41, 5.74) is 3.10. The van der Waals surface area contributed by atoms with Gasteiger partial charge in [0.1, 0.15) is 0 Å². The number of rotatable bonds is 8. The molecular formula is C18H24N2O2S. The average Bonchev–Trinajstić information content (AvgIpc) is 2.51. The lowest BCUT2D eigenvalue weighted by Gasteiger charge is -2.13. The number of benzene rings is 2. The van der Waals surface area contributed by atoms with Crippen molar-refractivity contribution in [3.63, 3.8) is 0 Å². The first-order valence-electron chi connectivity index (χ1n) is 7.76. The summed E-state index contributed by atoms with van der Waals surface area (Å²) in [6.45, 7) is 4.01. The molecule has 1 unspecified atom stereocenters. The van der Waals surface area contributed by atoms with Gasteiger partial charge in [-0.1, -0.05) is 49.4 Å². The van der Waals surface area contributed by atoms with Gasteiger partial charge in [0, 0.05) is 12.2 Å². The fourth-order valence-corrected chi connectivity index (χ4v) is 2.97. The van der Waals surface area contributed by atoms with Gasteiger partial charge in [-0.15, -0.1) is 0 Å². The minimum Gasteiger partial charge on any atom is -0.313 e. The SMILES string of the molecule is CC(CCNCc1ccccc1)c1ccc(NS(C)(=O)=O)cc1. The summed E-state index contributed by atoms with van der Waals surface area (Å²) in [6, 6.07) is 17.9. The van der Waals surface area contributed by atoms with Crippen LogP contribution in [0.1, 0.15) is 30.4 Å². The minimum atomic E-state index is -3.21. The lowest BCUT2D eigenvalue weighted by Crippen LogP contribution is -2.16. The average molecular weight is 332 g/mol. The first kappa shape index (κ1) is 17.5. The summed E-state index contributed by atoms with van der Waals surface area (Å²) in [4.78, 5) is 0. The predicted octanol–water partition coefficient (Wildman–Crippen LogP) is 3.34. The summed E-state index contributed by atoms with van der Waals surface area (Å²) in [5, 5.41) is 3.45. The maximum Gasteiger partial charge on any atom is 0.229 e. The third kappa shape index (κ3) is 6.42. The van der Waals surface area contributed by atoms with Crippen LogP contribution in [0.4, 0.5) is 5.69 Å². The van der Waals surface area contributed by atoms with Crippen LogP contribution in [0.25, 0.3) is 0 Å². The highest BCUT2D eigenvalue weighted by Crippen LogP contribution is 2.21. The predicted molar refractivity (Wildman–Crippen MR) is 96.1 cm³/mol. The van der Waals surface area contributed by atoms with Crippen LogP contribution in [0.15, 0.2) is 54.6 Å². The Balaban J connectivity index is 1.78. The van der Waals surface area contributed by atoms with Crippen molar-refractivity contribution in [2.45, 2.75) is 25.8 Å². The molecule has 0 saturated heterocycles. The summed E-state index contributed by atoms with van der Waals surface area (Å²) in [7, 11) is -3.21. The Hall–Kier alpha value is -1.85. The molecule has 0 fully saturated rings. The van der Waals surface area contributed by atoms with Gasteiger partial charge >= 0.3 is 0 Å². The fourth-order valence-electron chi connectivity index (χ4n) is 2.41. The first-order chi connectivity index (χ1) is 10.9. The quantitative estimate of drug-likeness (QED) is 0.729. The lowest BCUT2D eigenvalue weighted by atomic mass is 9.97. The van der Waals surface area contributed by atoms with Gasteiger partial charge in [-0.3, -0.25) is 4.72 Å². The Bertz CT molecular complexity index is 698. The van der Waals surface area contributed by atoms with E-state index in [0.717, 1.165) is 25.8 Å². The van der Waals surface area contributed by atoms with E-state index in [4.69, 9.17) is 0 Å². The van der Waals surface area contributed by atoms with Crippen molar-refractivity contribution in [2.75, 3.05) is 17.5 Å². The van der Waals surface area contributed by atoms with Gasteiger partial charge in [-0.05, 0) is 42.1 Å². The zero-order valence-electron chi connectivity index (χ0n) is 13.6. The molecule has 23 heavy (non-hydrogen) atoms. The largest absolute Gasteiger partial charge is 0.313 e. The van der Waals surface area contributed by atoms with E-state index in [1.165, 1.54) is 11.1 Å². The van der Waals surface area contributed by atoms with Crippen LogP contribution < -0.4 is 10.0 Å². The van der Waals surface area contributed by atoms with E-state index in [2.05, 4.69) is 29.1 Å². The van der Waals surface area contributed by atoms with Gasteiger partial charge in [0.25, 0.3) is 0 Å². The Labute approximate surface area is 139 Å². The van der Waals surface area contributed by atoms with Crippen molar-refractivity contribution in [3.8, 4) is 0 Å². The summed E-state index contributed by atoms with van der Waals surface area (Å²) in [6.07, 6.45) is 2.19. The highest BCUT2D eigenvalue weighted by atomic mass is 32.2. The van der Waals surface area contributed by atoms with Crippen molar-refractivity contribution in [1.29, 1.82) is 0 Å². The second-order valence-corrected chi connectivity index (χ2v) is 7.60. The molecule has 2 aromatic carbocycles. The number of sulfonamides is 1. The molecule has 2 rings (SSSR count). The maximum absolute atomic E-state index is 11.2. The summed E-state index contributed by atoms with van der Waals surface area (Å²) >= 11 is 0. The zero-order valence-corrected chi connectivity index (χ0v) is 14.4. The van der Waals surface area contributed by atoms with E-state index in [9.17, 15) is 8.42 Å². The molecule has 0 aliphatic heterocycles. The van der Waals surface area contributed by atoms with E-state index in [1.807, 2.05) is 42.5 Å². The van der Waals surface area contributed by atoms with Crippen LogP contribution in [0, 0.1) is 0 Å². The fraction of sp³-hybridized carbons (Fsp3) is 0.333. The third-order valence-corrected chi connectivity index (χ3v) is 4.32. The molecule has 0 radical (unpaired) electrons. The van der Waals surface area contributed by atoms with E-state index >= 15 is 0 Å². The summed E-state index contributed by atoms with van der Waals surface area (Å²) < 4.78 is 24.9. The molecule has 0 aliphatic carbocycles. The van der Waals surface area contributed by atoms with Gasteiger partial charge in [0.2, 0.25) is 10.0 Å². The van der Waals surface area contributed by atoms with Crippen LogP contribution in [0.2, 0.25) is 0 Å². The smallest absolute Gasteiger partial charge is 0.229 e. The molecule has 2 aromatic rings. The molecule has 0 heterocycles. The number of hydrogen-bond acceptors (Lipinski definition) is 3. The highest BCUT2D eigenvalue weighted by molar-refractivity contribution is 7.92. The molecule has 5 heteroatoms. The van der Waals surface area contributed by atoms with Crippen molar-refractivity contribution < 1.29 is 8.42 Å². The topological polar surface area (TPSA) is 58.2 Å². The number of hydrogen-bond donors (Lipinski definition) is 2. The van der Waals surface area contributed by atoms with E-state index in [-0.39, 0.29) is 0 Å². The maximum atomic E-state index is 11.2. The summed E-state index contributed by atoms with van der Waals surface area (Å²) in [5.74, 6) is 0.422. The van der Waals surface area contributed by atoms with Gasteiger partial charge in [-0.2, -0.15) is 0 Å². The van der Waals surface area contributed by atoms with Gasteiger partial charge in [-0.25, -0.2) is 8.42 Å². The van der Waals surface area contributed by atoms with E-state index in [0.29, 0.717) is 11.6 Å². The Kier molecular flexibility index (Phi) is 6.19. The van der Waals surface area contributed by atoms with Crippen LogP contribution in [0.3, 0.4) is 0 Å². The highest BCUT2D eigenvalue weighted by Gasteiger charge is 2.06. The first-order valence-corrected chi connectivity index (χ1v) is 9.65. The molecular weight excluding hydrogens is 308 g/mol. The van der Waals surface area contributed by atoms with Crippen molar-refractivity contribution in [1.82, 2.24) is 5.32 Å². The normalized spacial score (nSPS) is 12.8. The van der Waals surface area contributed by atoms with Crippen molar-refractivity contribution in [3.05, 3.63) is 65.7 Å². The monoisotopic (exact) mass is 332 g/mol. The van der Waals surface area contributed by atoms with Crippen LogP contribution in [0.5, 0.6) is 0 Å². The Morgan fingerprint density at radius 1 is 1.00 bits per heavy atom. The molecule has 0 spiro atoms. The van der Waals surface area contributed by atoms with Crippen molar-refractivity contribution >= 4 is 15.7 Å². The van der Waals surface area contributed by atoms with Crippen LogP contribution in [-0.2, 0) is 16.6 Å². The third-order valence-electron chi connectivity index (χ3n) is 3.71. The molecule has 4 nitrogen and oxygen atoms in total. The van der Waals surface area contributed by atoms with E-state index in [1.54, 1.807) is 0 Å². The molecule has 0 saturated carbocycles. The minimum absolute atomic E-state index is 0.422. The van der Waals surface area contributed by atoms with Crippen molar-refractivity contribution in [2.24, 2.45) is 0 Å². The van der Waals surface area contributed by atoms with Crippen LogP contribution >= 0.6 is 0 Å². The van der Waals surface area contributed by atoms with Gasteiger partial charge in [0.15, 0.2) is 0 Å². The molecule has 124 valence electrons.